The molecule has 0 aliphatic rings. The van der Waals surface area contributed by atoms with Crippen LogP contribution in [0.5, 0.6) is 0 Å². The molecule has 0 atom stereocenters. The van der Waals surface area contributed by atoms with E-state index in [9.17, 15) is 4.79 Å². The Morgan fingerprint density at radius 2 is 2.16 bits per heavy atom. The Labute approximate surface area is 115 Å². The number of hydrogen-bond donors (Lipinski definition) is 1. The number of nitrogens with two attached hydrogens (primary N) is 1. The molecule has 2 N–H and O–H groups in total. The Balaban J connectivity index is 2.93. The van der Waals surface area contributed by atoms with Crippen molar-refractivity contribution in [3.63, 3.8) is 0 Å². The number of rotatable bonds is 6. The maximum absolute atomic E-state index is 12.6. The second-order valence-corrected chi connectivity index (χ2v) is 5.90. The number of aromatic nitrogens is 2. The minimum Gasteiger partial charge on any atom is -0.338 e. The number of carbonyl (C=O) groups excluding carboxylic acids is 1. The molecule has 0 unspecified atom stereocenters. The van der Waals surface area contributed by atoms with E-state index in [1.165, 1.54) is 0 Å². The van der Waals surface area contributed by atoms with E-state index < -0.39 is 0 Å². The largest absolute Gasteiger partial charge is 0.338 e. The first-order valence-electron chi connectivity index (χ1n) is 6.80. The lowest BCUT2D eigenvalue weighted by molar-refractivity contribution is 0.0688. The second-order valence-electron chi connectivity index (χ2n) is 5.90. The molecule has 1 amide bonds. The molecule has 108 valence electrons. The molecule has 0 saturated carbocycles. The molecule has 0 radical (unpaired) electrons. The lowest BCUT2D eigenvalue weighted by atomic mass is 9.92. The fourth-order valence-corrected chi connectivity index (χ4v) is 2.08. The topological polar surface area (TPSA) is 64.2 Å². The van der Waals surface area contributed by atoms with E-state index in [4.69, 9.17) is 5.73 Å². The van der Waals surface area contributed by atoms with Gasteiger partial charge in [-0.2, -0.15) is 5.10 Å². The van der Waals surface area contributed by atoms with Gasteiger partial charge in [0.25, 0.3) is 5.91 Å². The van der Waals surface area contributed by atoms with E-state index in [0.29, 0.717) is 18.7 Å². The van der Waals surface area contributed by atoms with Crippen molar-refractivity contribution in [2.24, 2.45) is 18.2 Å². The zero-order chi connectivity index (χ0) is 14.6. The van der Waals surface area contributed by atoms with Crippen LogP contribution >= 0.6 is 0 Å². The molecule has 5 heteroatoms. The third-order valence-corrected chi connectivity index (χ3v) is 3.20. The highest BCUT2D eigenvalue weighted by Gasteiger charge is 2.25. The average molecular weight is 266 g/mol. The van der Waals surface area contributed by atoms with Gasteiger partial charge in [0.05, 0.1) is 11.3 Å². The van der Waals surface area contributed by atoms with Crippen molar-refractivity contribution in [1.82, 2.24) is 14.7 Å². The van der Waals surface area contributed by atoms with Gasteiger partial charge in [-0.3, -0.25) is 9.48 Å². The summed E-state index contributed by atoms with van der Waals surface area (Å²) >= 11 is 0. The van der Waals surface area contributed by atoms with Gasteiger partial charge in [-0.1, -0.05) is 20.8 Å². The third kappa shape index (κ3) is 4.06. The highest BCUT2D eigenvalue weighted by molar-refractivity contribution is 5.95. The van der Waals surface area contributed by atoms with E-state index in [1.807, 2.05) is 18.9 Å². The van der Waals surface area contributed by atoms with Crippen molar-refractivity contribution in [3.8, 4) is 0 Å². The molecule has 1 aromatic heterocycles. The van der Waals surface area contributed by atoms with Crippen LogP contribution in [0.15, 0.2) is 6.20 Å². The molecule has 0 aliphatic heterocycles. The standard InChI is InChI=1S/C14H26N4O/c1-6-7-18(10-14(3,4)9-15)13(19)12-8-17(5)16-11(12)2/h8H,6-7,9-10,15H2,1-5H3. The number of hydrogen-bond acceptors (Lipinski definition) is 3. The van der Waals surface area contributed by atoms with Crippen molar-refractivity contribution in [2.75, 3.05) is 19.6 Å². The summed E-state index contributed by atoms with van der Waals surface area (Å²) in [5, 5.41) is 4.24. The number of carbonyl (C=O) groups is 1. The monoisotopic (exact) mass is 266 g/mol. The van der Waals surface area contributed by atoms with Gasteiger partial charge in [0.15, 0.2) is 0 Å². The molecular formula is C14H26N4O. The summed E-state index contributed by atoms with van der Waals surface area (Å²) in [5.74, 6) is 0.0500. The average Bonchev–Trinajstić information content (AvgIpc) is 2.67. The van der Waals surface area contributed by atoms with Gasteiger partial charge >= 0.3 is 0 Å². The Morgan fingerprint density at radius 1 is 1.53 bits per heavy atom. The molecule has 5 nitrogen and oxygen atoms in total. The molecule has 1 heterocycles. The smallest absolute Gasteiger partial charge is 0.257 e. The quantitative estimate of drug-likeness (QED) is 0.850. The first-order chi connectivity index (χ1) is 8.80. The van der Waals surface area contributed by atoms with Crippen molar-refractivity contribution in [2.45, 2.75) is 34.1 Å². The van der Waals surface area contributed by atoms with E-state index in [2.05, 4.69) is 25.9 Å². The maximum Gasteiger partial charge on any atom is 0.257 e. The SMILES string of the molecule is CCCN(CC(C)(C)CN)C(=O)c1cn(C)nc1C. The first-order valence-corrected chi connectivity index (χ1v) is 6.80. The normalized spacial score (nSPS) is 11.7. The fraction of sp³-hybridized carbons (Fsp3) is 0.714. The fourth-order valence-electron chi connectivity index (χ4n) is 2.08. The van der Waals surface area contributed by atoms with Crippen LogP contribution in [0.3, 0.4) is 0 Å². The van der Waals surface area contributed by atoms with E-state index in [-0.39, 0.29) is 11.3 Å². The Hall–Kier alpha value is -1.36. The van der Waals surface area contributed by atoms with Gasteiger partial charge in [-0.15, -0.1) is 0 Å². The number of amides is 1. The number of aryl methyl sites for hydroxylation is 2. The summed E-state index contributed by atoms with van der Waals surface area (Å²) < 4.78 is 1.68. The van der Waals surface area contributed by atoms with Crippen LogP contribution < -0.4 is 5.73 Å². The van der Waals surface area contributed by atoms with Gasteiger partial charge in [0.1, 0.15) is 0 Å². The van der Waals surface area contributed by atoms with E-state index in [1.54, 1.807) is 10.9 Å². The van der Waals surface area contributed by atoms with Gasteiger partial charge in [-0.05, 0) is 25.3 Å². The molecular weight excluding hydrogens is 240 g/mol. The lowest BCUT2D eigenvalue weighted by Crippen LogP contribution is -2.42. The van der Waals surface area contributed by atoms with Crippen molar-refractivity contribution >= 4 is 5.91 Å². The van der Waals surface area contributed by atoms with Gasteiger partial charge < -0.3 is 10.6 Å². The molecule has 1 aromatic rings. The lowest BCUT2D eigenvalue weighted by Gasteiger charge is -2.31. The molecule has 0 bridgehead atoms. The van der Waals surface area contributed by atoms with Crippen molar-refractivity contribution in [3.05, 3.63) is 17.5 Å². The van der Waals surface area contributed by atoms with Crippen LogP contribution in [0, 0.1) is 12.3 Å². The molecule has 0 saturated heterocycles. The summed E-state index contributed by atoms with van der Waals surface area (Å²) in [4.78, 5) is 14.5. The minimum absolute atomic E-state index is 0.0500. The van der Waals surface area contributed by atoms with Crippen LogP contribution in [0.1, 0.15) is 43.2 Å². The Morgan fingerprint density at radius 3 is 2.58 bits per heavy atom. The van der Waals surface area contributed by atoms with E-state index >= 15 is 0 Å². The van der Waals surface area contributed by atoms with Gasteiger partial charge in [-0.25, -0.2) is 0 Å². The molecule has 0 fully saturated rings. The van der Waals surface area contributed by atoms with Crippen LogP contribution in [-0.4, -0.2) is 40.2 Å². The minimum atomic E-state index is -0.0685. The summed E-state index contributed by atoms with van der Waals surface area (Å²) in [6.07, 6.45) is 2.72. The van der Waals surface area contributed by atoms with Crippen LogP contribution in [0.2, 0.25) is 0 Å². The predicted octanol–water partition coefficient (Wildman–Crippen LogP) is 1.57. The zero-order valence-electron chi connectivity index (χ0n) is 12.7. The predicted molar refractivity (Wildman–Crippen MR) is 77.0 cm³/mol. The molecule has 1 rings (SSSR count). The molecule has 0 aliphatic carbocycles. The zero-order valence-corrected chi connectivity index (χ0v) is 12.7. The molecule has 19 heavy (non-hydrogen) atoms. The van der Waals surface area contributed by atoms with E-state index in [0.717, 1.165) is 18.7 Å². The van der Waals surface area contributed by atoms with Crippen LogP contribution in [-0.2, 0) is 7.05 Å². The number of nitrogens with zero attached hydrogens (tertiary/aromatic N) is 3. The summed E-state index contributed by atoms with van der Waals surface area (Å²) in [6, 6.07) is 0. The van der Waals surface area contributed by atoms with Crippen molar-refractivity contribution < 1.29 is 4.79 Å². The van der Waals surface area contributed by atoms with Crippen molar-refractivity contribution in [1.29, 1.82) is 0 Å². The highest BCUT2D eigenvalue weighted by atomic mass is 16.2. The highest BCUT2D eigenvalue weighted by Crippen LogP contribution is 2.18. The first kappa shape index (κ1) is 15.7. The molecule has 0 spiro atoms. The van der Waals surface area contributed by atoms with Crippen LogP contribution in [0.25, 0.3) is 0 Å². The molecule has 0 aromatic carbocycles. The van der Waals surface area contributed by atoms with Gasteiger partial charge in [0.2, 0.25) is 0 Å². The summed E-state index contributed by atoms with van der Waals surface area (Å²) in [5.41, 5.74) is 7.16. The summed E-state index contributed by atoms with van der Waals surface area (Å²) in [6.45, 7) is 10.1. The Kier molecular flexibility index (Phi) is 5.11. The second kappa shape index (κ2) is 6.19. The summed E-state index contributed by atoms with van der Waals surface area (Å²) in [7, 11) is 1.83. The Bertz CT molecular complexity index is 437. The van der Waals surface area contributed by atoms with Gasteiger partial charge in [0, 0.05) is 26.3 Å². The maximum atomic E-state index is 12.6. The van der Waals surface area contributed by atoms with Crippen LogP contribution in [0.4, 0.5) is 0 Å². The third-order valence-electron chi connectivity index (χ3n) is 3.20.